The van der Waals surface area contributed by atoms with Crippen molar-refractivity contribution in [2.45, 2.75) is 87.9 Å². The molecule has 2 aromatic rings. The van der Waals surface area contributed by atoms with Gasteiger partial charge in [0.05, 0.1) is 12.2 Å². The third-order valence-electron chi connectivity index (χ3n) is 8.23. The molecule has 0 bridgehead atoms. The van der Waals surface area contributed by atoms with E-state index in [4.69, 9.17) is 0 Å². The van der Waals surface area contributed by atoms with Crippen LogP contribution in [0.15, 0.2) is 42.5 Å². The second-order valence-corrected chi connectivity index (χ2v) is 13.4. The van der Waals surface area contributed by atoms with Gasteiger partial charge in [-0.05, 0) is 94.6 Å². The van der Waals surface area contributed by atoms with Crippen LogP contribution in [0.4, 0.5) is 0 Å². The van der Waals surface area contributed by atoms with Gasteiger partial charge in [0, 0.05) is 30.7 Å². The average molecular weight is 600 g/mol. The van der Waals surface area contributed by atoms with Gasteiger partial charge >= 0.3 is 0 Å². The topological polar surface area (TPSA) is 122 Å². The van der Waals surface area contributed by atoms with Gasteiger partial charge in [0.25, 0.3) is 0 Å². The summed E-state index contributed by atoms with van der Waals surface area (Å²) in [5.74, 6) is -0.559. The molecule has 5 atom stereocenters. The molecule has 1 saturated carbocycles. The van der Waals surface area contributed by atoms with Crippen molar-refractivity contribution in [2.24, 2.45) is 0 Å². The van der Waals surface area contributed by atoms with Crippen molar-refractivity contribution in [1.82, 2.24) is 15.5 Å². The van der Waals surface area contributed by atoms with Crippen LogP contribution in [-0.4, -0.2) is 94.6 Å². The Bertz CT molecular complexity index is 1180. The first-order chi connectivity index (χ1) is 19.8. The van der Waals surface area contributed by atoms with Crippen molar-refractivity contribution < 1.29 is 24.9 Å². The molecule has 5 N–H and O–H groups in total. The highest BCUT2D eigenvalue weighted by Crippen LogP contribution is 2.38. The molecule has 0 aromatic heterocycles. The van der Waals surface area contributed by atoms with E-state index in [-0.39, 0.29) is 23.0 Å². The number of aliphatic hydroxyl groups excluding tert-OH is 3. The van der Waals surface area contributed by atoms with Crippen LogP contribution in [0.5, 0.6) is 0 Å². The van der Waals surface area contributed by atoms with Crippen molar-refractivity contribution in [2.75, 3.05) is 33.4 Å². The largest absolute Gasteiger partial charge is 0.390 e. The highest BCUT2D eigenvalue weighted by Gasteiger charge is 2.42. The molecule has 232 valence electrons. The van der Waals surface area contributed by atoms with Crippen LogP contribution >= 0.6 is 11.8 Å². The van der Waals surface area contributed by atoms with Crippen LogP contribution in [0.25, 0.3) is 0 Å². The third-order valence-corrected chi connectivity index (χ3v) is 9.31. The lowest BCUT2D eigenvalue weighted by Gasteiger charge is -2.40. The molecule has 42 heavy (non-hydrogen) atoms. The minimum Gasteiger partial charge on any atom is -0.390 e. The van der Waals surface area contributed by atoms with Gasteiger partial charge in [0.15, 0.2) is 0 Å². The first-order valence-electron chi connectivity index (χ1n) is 14.8. The number of aryl methyl sites for hydroxylation is 2. The molecule has 2 amide bonds. The number of thioether (sulfide) groups is 1. The molecule has 1 fully saturated rings. The fourth-order valence-electron chi connectivity index (χ4n) is 5.45. The Morgan fingerprint density at radius 2 is 1.67 bits per heavy atom. The van der Waals surface area contributed by atoms with E-state index in [0.717, 1.165) is 36.1 Å². The van der Waals surface area contributed by atoms with Crippen LogP contribution < -0.4 is 10.6 Å². The molecule has 9 heteroatoms. The van der Waals surface area contributed by atoms with Crippen LogP contribution in [0.1, 0.15) is 66.8 Å². The van der Waals surface area contributed by atoms with Crippen molar-refractivity contribution in [3.8, 4) is 0 Å². The molecule has 0 heterocycles. The van der Waals surface area contributed by atoms with Gasteiger partial charge in [0.2, 0.25) is 11.8 Å². The maximum absolute atomic E-state index is 12.5. The van der Waals surface area contributed by atoms with E-state index in [1.165, 1.54) is 22.9 Å². The van der Waals surface area contributed by atoms with E-state index < -0.39 is 23.9 Å². The summed E-state index contributed by atoms with van der Waals surface area (Å²) in [6.07, 6.45) is 1.98. The van der Waals surface area contributed by atoms with Crippen molar-refractivity contribution in [3.05, 3.63) is 70.3 Å². The summed E-state index contributed by atoms with van der Waals surface area (Å²) < 4.78 is 0. The highest BCUT2D eigenvalue weighted by molar-refractivity contribution is 7.99. The Kier molecular flexibility index (Phi) is 12.4. The quantitative estimate of drug-likeness (QED) is 0.240. The van der Waals surface area contributed by atoms with Crippen LogP contribution in [0.3, 0.4) is 0 Å². The minimum atomic E-state index is -1.16. The number of rotatable bonds is 13. The van der Waals surface area contributed by atoms with Crippen LogP contribution in [0, 0.1) is 6.92 Å². The molecule has 0 unspecified atom stereocenters. The Labute approximate surface area is 255 Å². The Morgan fingerprint density at radius 1 is 1.00 bits per heavy atom. The number of likely N-dealkylation sites (N-methyl/N-ethyl adjacent to an activating group) is 1. The van der Waals surface area contributed by atoms with Gasteiger partial charge in [0.1, 0.15) is 11.6 Å². The molecule has 0 aliphatic heterocycles. The molecule has 0 radical (unpaired) electrons. The van der Waals surface area contributed by atoms with E-state index in [1.54, 1.807) is 13.8 Å². The molecule has 3 rings (SSSR count). The Hall–Kier alpha value is -2.43. The molecular formula is C33H49N3O5S. The SMILES string of the molecule is CS[C@H]1C[C@@H](c2ccc(C)c(Cc3ccc(CCCC(=O)NC(C)(C)C(=O)NCCN(C)C)cc3)c2)[C@H](O)[C@@H](O)[C@@H]1O. The van der Waals surface area contributed by atoms with E-state index in [0.29, 0.717) is 25.8 Å². The van der Waals surface area contributed by atoms with Crippen molar-refractivity contribution in [1.29, 1.82) is 0 Å². The predicted octanol–water partition coefficient (Wildman–Crippen LogP) is 2.78. The summed E-state index contributed by atoms with van der Waals surface area (Å²) in [6.45, 7) is 6.79. The lowest BCUT2D eigenvalue weighted by molar-refractivity contribution is -0.132. The summed E-state index contributed by atoms with van der Waals surface area (Å²) in [5.41, 5.74) is 4.67. The summed E-state index contributed by atoms with van der Waals surface area (Å²) in [6, 6.07) is 14.6. The lowest BCUT2D eigenvalue weighted by Crippen LogP contribution is -2.55. The molecule has 0 saturated heterocycles. The smallest absolute Gasteiger partial charge is 0.245 e. The third kappa shape index (κ3) is 9.28. The highest BCUT2D eigenvalue weighted by atomic mass is 32.2. The number of amides is 2. The number of aliphatic hydroxyl groups is 3. The maximum atomic E-state index is 12.5. The molecule has 1 aliphatic carbocycles. The van der Waals surface area contributed by atoms with Crippen LogP contribution in [0.2, 0.25) is 0 Å². The number of benzene rings is 2. The van der Waals surface area contributed by atoms with E-state index in [9.17, 15) is 24.9 Å². The zero-order chi connectivity index (χ0) is 31.0. The van der Waals surface area contributed by atoms with Crippen molar-refractivity contribution >= 4 is 23.6 Å². The molecule has 1 aliphatic rings. The number of hydrogen-bond acceptors (Lipinski definition) is 7. The Morgan fingerprint density at radius 3 is 2.31 bits per heavy atom. The number of nitrogens with zero attached hydrogens (tertiary/aromatic N) is 1. The summed E-state index contributed by atoms with van der Waals surface area (Å²) in [5, 5.41) is 37.1. The first-order valence-corrected chi connectivity index (χ1v) is 16.1. The number of hydrogen-bond donors (Lipinski definition) is 5. The monoisotopic (exact) mass is 599 g/mol. The minimum absolute atomic E-state index is 0.124. The predicted molar refractivity (Wildman–Crippen MR) is 170 cm³/mol. The summed E-state index contributed by atoms with van der Waals surface area (Å²) in [4.78, 5) is 27.0. The summed E-state index contributed by atoms with van der Waals surface area (Å²) in [7, 11) is 3.89. The lowest BCUT2D eigenvalue weighted by atomic mass is 9.77. The Balaban J connectivity index is 1.53. The van der Waals surface area contributed by atoms with Crippen LogP contribution in [-0.2, 0) is 22.4 Å². The fraction of sp³-hybridized carbons (Fsp3) is 0.576. The number of nitrogens with one attached hydrogen (secondary N) is 2. The van der Waals surface area contributed by atoms with Crippen molar-refractivity contribution in [3.63, 3.8) is 0 Å². The number of carbonyl (C=O) groups is 2. The van der Waals surface area contributed by atoms with E-state index in [1.807, 2.05) is 31.3 Å². The fourth-order valence-corrected chi connectivity index (χ4v) is 6.29. The van der Waals surface area contributed by atoms with E-state index in [2.05, 4.69) is 54.0 Å². The maximum Gasteiger partial charge on any atom is 0.245 e. The number of carbonyl (C=O) groups excluding carboxylic acids is 2. The zero-order valence-corrected chi connectivity index (χ0v) is 26.7. The van der Waals surface area contributed by atoms with Gasteiger partial charge in [-0.25, -0.2) is 0 Å². The molecule has 0 spiro atoms. The average Bonchev–Trinajstić information content (AvgIpc) is 2.93. The second-order valence-electron chi connectivity index (χ2n) is 12.4. The van der Waals surface area contributed by atoms with Gasteiger partial charge in [-0.3, -0.25) is 9.59 Å². The zero-order valence-electron chi connectivity index (χ0n) is 25.9. The van der Waals surface area contributed by atoms with E-state index >= 15 is 0 Å². The first kappa shape index (κ1) is 34.1. The van der Waals surface area contributed by atoms with Gasteiger partial charge in [-0.1, -0.05) is 42.5 Å². The van der Waals surface area contributed by atoms with Gasteiger partial charge in [-0.15, -0.1) is 0 Å². The standard InChI is InChI=1S/C33H49N3O5S/c1-21-10-15-24(26-20-27(42-6)30(39)31(40)29(26)38)19-25(21)18-23-13-11-22(12-14-23)8-7-9-28(37)35-33(2,3)32(41)34-16-17-36(4)5/h10-15,19,26-27,29-31,38-40H,7-9,16-18,20H2,1-6H3,(H,34,41)(H,35,37)/t26-,27-,29-,30+,31+/m0/s1. The second kappa shape index (κ2) is 15.3. The summed E-state index contributed by atoms with van der Waals surface area (Å²) >= 11 is 1.52. The molecular weight excluding hydrogens is 550 g/mol. The normalized spacial score (nSPS) is 22.7. The van der Waals surface area contributed by atoms with Gasteiger partial charge < -0.3 is 30.9 Å². The molecule has 2 aromatic carbocycles. The van der Waals surface area contributed by atoms with Gasteiger partial charge in [-0.2, -0.15) is 11.8 Å². The molecule has 8 nitrogen and oxygen atoms in total.